The van der Waals surface area contributed by atoms with E-state index in [1.54, 1.807) is 12.1 Å². The Bertz CT molecular complexity index is 1030. The lowest BCUT2D eigenvalue weighted by Crippen LogP contribution is -2.52. The molecular formula is C30H39F3N2O2. The van der Waals surface area contributed by atoms with Crippen LogP contribution in [0.25, 0.3) is 0 Å². The van der Waals surface area contributed by atoms with Crippen molar-refractivity contribution in [2.45, 2.75) is 77.6 Å². The number of carbonyl (C=O) groups is 1. The second kappa shape index (κ2) is 11.9. The van der Waals surface area contributed by atoms with Crippen LogP contribution in [0.2, 0.25) is 0 Å². The molecule has 2 aromatic carbocycles. The summed E-state index contributed by atoms with van der Waals surface area (Å²) >= 11 is 0. The highest BCUT2D eigenvalue weighted by Gasteiger charge is 2.41. The molecule has 0 saturated carbocycles. The van der Waals surface area contributed by atoms with Crippen LogP contribution in [0.15, 0.2) is 48.5 Å². The van der Waals surface area contributed by atoms with Crippen LogP contribution in [-0.4, -0.2) is 36.5 Å². The highest BCUT2D eigenvalue weighted by molar-refractivity contribution is 5.83. The van der Waals surface area contributed by atoms with Crippen molar-refractivity contribution in [1.82, 2.24) is 10.2 Å². The molecule has 2 aliphatic rings. The van der Waals surface area contributed by atoms with Gasteiger partial charge in [0, 0.05) is 6.54 Å². The Balaban J connectivity index is 1.44. The molecule has 4 rings (SSSR count). The zero-order chi connectivity index (χ0) is 26.5. The summed E-state index contributed by atoms with van der Waals surface area (Å²) in [6, 6.07) is 13.6. The molecule has 202 valence electrons. The van der Waals surface area contributed by atoms with Crippen molar-refractivity contribution >= 4 is 5.91 Å². The number of piperidine rings is 1. The van der Waals surface area contributed by atoms with Gasteiger partial charge in [0.15, 0.2) is 0 Å². The molecule has 7 heteroatoms. The average molecular weight is 517 g/mol. The van der Waals surface area contributed by atoms with Crippen LogP contribution in [0, 0.1) is 11.3 Å². The number of fused-ring (bicyclic) bond motifs is 1. The Kier molecular flexibility index (Phi) is 8.83. The molecule has 1 amide bonds. The van der Waals surface area contributed by atoms with Crippen LogP contribution < -0.4 is 10.1 Å². The van der Waals surface area contributed by atoms with E-state index in [9.17, 15) is 18.0 Å². The van der Waals surface area contributed by atoms with Gasteiger partial charge in [-0.3, -0.25) is 9.69 Å². The van der Waals surface area contributed by atoms with Gasteiger partial charge in [-0.1, -0.05) is 50.6 Å². The molecule has 0 unspecified atom stereocenters. The van der Waals surface area contributed by atoms with Gasteiger partial charge in [0.2, 0.25) is 5.91 Å². The fourth-order valence-electron chi connectivity index (χ4n) is 5.68. The first-order chi connectivity index (χ1) is 17.6. The molecule has 2 aliphatic heterocycles. The van der Waals surface area contributed by atoms with E-state index in [0.717, 1.165) is 81.5 Å². The maximum Gasteiger partial charge on any atom is 0.416 e. The van der Waals surface area contributed by atoms with Crippen molar-refractivity contribution in [3.8, 4) is 5.75 Å². The maximum atomic E-state index is 13.7. The lowest BCUT2D eigenvalue weighted by Gasteiger charge is -2.42. The van der Waals surface area contributed by atoms with E-state index < -0.39 is 17.2 Å². The van der Waals surface area contributed by atoms with Gasteiger partial charge in [0.25, 0.3) is 0 Å². The first-order valence-electron chi connectivity index (χ1n) is 13.5. The summed E-state index contributed by atoms with van der Waals surface area (Å²) in [5, 5.41) is 3.35. The van der Waals surface area contributed by atoms with Crippen molar-refractivity contribution in [1.29, 1.82) is 0 Å². The number of carbonyl (C=O) groups excluding carboxylic acids is 1. The minimum atomic E-state index is -4.32. The number of amides is 1. The number of halogens is 3. The Morgan fingerprint density at radius 3 is 2.41 bits per heavy atom. The molecule has 0 radical (unpaired) electrons. The van der Waals surface area contributed by atoms with Gasteiger partial charge < -0.3 is 10.1 Å². The highest BCUT2D eigenvalue weighted by Crippen LogP contribution is 2.38. The number of hydrogen-bond acceptors (Lipinski definition) is 3. The van der Waals surface area contributed by atoms with Gasteiger partial charge in [0.05, 0.1) is 17.0 Å². The second-order valence-corrected chi connectivity index (χ2v) is 11.2. The molecule has 1 atom stereocenters. The number of hydrogen-bond donors (Lipinski definition) is 1. The van der Waals surface area contributed by atoms with Crippen LogP contribution in [-0.2, 0) is 23.9 Å². The molecule has 1 spiro atoms. The monoisotopic (exact) mass is 516 g/mol. The molecule has 1 fully saturated rings. The Morgan fingerprint density at radius 2 is 1.73 bits per heavy atom. The maximum absolute atomic E-state index is 13.7. The molecule has 4 nitrogen and oxygen atoms in total. The van der Waals surface area contributed by atoms with E-state index in [0.29, 0.717) is 19.1 Å². The van der Waals surface area contributed by atoms with Gasteiger partial charge in [-0.2, -0.15) is 13.2 Å². The largest absolute Gasteiger partial charge is 0.491 e. The molecule has 37 heavy (non-hydrogen) atoms. The van der Waals surface area contributed by atoms with Crippen molar-refractivity contribution in [3.63, 3.8) is 0 Å². The van der Waals surface area contributed by atoms with Crippen LogP contribution in [0.1, 0.15) is 69.1 Å². The number of para-hydroxylation sites is 1. The van der Waals surface area contributed by atoms with E-state index in [4.69, 9.17) is 4.74 Å². The minimum Gasteiger partial charge on any atom is -0.491 e. The predicted octanol–water partition coefficient (Wildman–Crippen LogP) is 6.62. The number of ether oxygens (including phenoxy) is 1. The van der Waals surface area contributed by atoms with Gasteiger partial charge in [-0.05, 0) is 86.9 Å². The molecular weight excluding hydrogens is 477 g/mol. The number of nitrogens with zero attached hydrogens (tertiary/aromatic N) is 1. The van der Waals surface area contributed by atoms with E-state index >= 15 is 0 Å². The van der Waals surface area contributed by atoms with Gasteiger partial charge in [0.1, 0.15) is 12.4 Å². The first-order valence-corrected chi connectivity index (χ1v) is 13.5. The first kappa shape index (κ1) is 27.5. The third-order valence-electron chi connectivity index (χ3n) is 7.84. The van der Waals surface area contributed by atoms with Gasteiger partial charge >= 0.3 is 6.18 Å². The number of rotatable bonds is 4. The second-order valence-electron chi connectivity index (χ2n) is 11.2. The lowest BCUT2D eigenvalue weighted by molar-refractivity contribution is -0.137. The van der Waals surface area contributed by atoms with E-state index in [1.165, 1.54) is 5.56 Å². The zero-order valence-corrected chi connectivity index (χ0v) is 21.9. The van der Waals surface area contributed by atoms with Crippen LogP contribution in [0.3, 0.4) is 0 Å². The third-order valence-corrected chi connectivity index (χ3v) is 7.84. The molecule has 2 heterocycles. The Labute approximate surface area is 218 Å². The fraction of sp³-hybridized carbons (Fsp3) is 0.567. The van der Waals surface area contributed by atoms with E-state index in [1.807, 2.05) is 12.1 Å². The van der Waals surface area contributed by atoms with Crippen LogP contribution in [0.4, 0.5) is 13.2 Å². The zero-order valence-electron chi connectivity index (χ0n) is 21.9. The van der Waals surface area contributed by atoms with Crippen molar-refractivity contribution < 1.29 is 22.7 Å². The number of alkyl halides is 3. The fourth-order valence-corrected chi connectivity index (χ4v) is 5.68. The van der Waals surface area contributed by atoms with Crippen LogP contribution in [0.5, 0.6) is 5.75 Å². The van der Waals surface area contributed by atoms with Crippen molar-refractivity contribution in [3.05, 3.63) is 65.2 Å². The van der Waals surface area contributed by atoms with Crippen molar-refractivity contribution in [2.24, 2.45) is 11.3 Å². The molecule has 1 saturated heterocycles. The van der Waals surface area contributed by atoms with Gasteiger partial charge in [-0.25, -0.2) is 0 Å². The molecule has 0 aliphatic carbocycles. The summed E-state index contributed by atoms with van der Waals surface area (Å²) in [4.78, 5) is 16.0. The number of nitrogens with one attached hydrogen (secondary N) is 1. The highest BCUT2D eigenvalue weighted by atomic mass is 19.4. The quantitative estimate of drug-likeness (QED) is 0.496. The molecule has 0 bridgehead atoms. The molecule has 1 N–H and O–H groups in total. The minimum absolute atomic E-state index is 0.0537. The predicted molar refractivity (Wildman–Crippen MR) is 139 cm³/mol. The smallest absolute Gasteiger partial charge is 0.416 e. The Morgan fingerprint density at radius 1 is 1.03 bits per heavy atom. The SMILES string of the molecule is CC(C)C[C@H]1COc2ccccc2CCCCC2(CCN(Cc3ccc(C(F)(F)F)cc3)CC2)C(=O)N1. The molecule has 0 aromatic heterocycles. The number of benzene rings is 2. The standard InChI is InChI=1S/C30H39F3N2O2/c1-22(2)19-26-21-37-27-9-4-3-7-24(27)8-5-6-14-29(28(36)34-26)15-17-35(18-16-29)20-23-10-12-25(13-11-23)30(31,32)33/h3-4,7,9-13,22,26H,5-6,8,14-21H2,1-2H3,(H,34,36)/t26-/m0/s1. The number of likely N-dealkylation sites (tertiary alicyclic amines) is 1. The topological polar surface area (TPSA) is 41.6 Å². The molecule has 2 aromatic rings. The normalized spacial score (nSPS) is 21.5. The summed E-state index contributed by atoms with van der Waals surface area (Å²) in [6.45, 7) is 6.87. The van der Waals surface area contributed by atoms with E-state index in [-0.39, 0.29) is 11.9 Å². The average Bonchev–Trinajstić information content (AvgIpc) is 2.85. The summed E-state index contributed by atoms with van der Waals surface area (Å²) < 4.78 is 44.9. The third kappa shape index (κ3) is 7.28. The summed E-state index contributed by atoms with van der Waals surface area (Å²) in [7, 11) is 0. The lowest BCUT2D eigenvalue weighted by atomic mass is 9.73. The summed E-state index contributed by atoms with van der Waals surface area (Å²) in [5.41, 5.74) is 1.05. The summed E-state index contributed by atoms with van der Waals surface area (Å²) in [6.07, 6.45) is 1.79. The van der Waals surface area contributed by atoms with Gasteiger partial charge in [-0.15, -0.1) is 0 Å². The Hall–Kier alpha value is -2.54. The van der Waals surface area contributed by atoms with Crippen molar-refractivity contribution in [2.75, 3.05) is 19.7 Å². The summed E-state index contributed by atoms with van der Waals surface area (Å²) in [5.74, 6) is 1.47. The number of aryl methyl sites for hydroxylation is 1. The van der Waals surface area contributed by atoms with Crippen LogP contribution >= 0.6 is 0 Å². The van der Waals surface area contributed by atoms with E-state index in [2.05, 4.69) is 36.2 Å².